The molecule has 0 bridgehead atoms. The fraction of sp³-hybridized carbons (Fsp3) is 0.235. The lowest BCUT2D eigenvalue weighted by Gasteiger charge is -2.24. The molecule has 0 radical (unpaired) electrons. The van der Waals surface area contributed by atoms with Crippen LogP contribution in [0.1, 0.15) is 45.2 Å². The molecule has 6 nitrogen and oxygen atoms in total. The van der Waals surface area contributed by atoms with E-state index >= 15 is 0 Å². The first-order valence-corrected chi connectivity index (χ1v) is 14.0. The average Bonchev–Trinajstić information content (AvgIpc) is 3.02. The summed E-state index contributed by atoms with van der Waals surface area (Å²) in [5.74, 6) is 1.20. The molecule has 0 fully saturated rings. The van der Waals surface area contributed by atoms with Crippen molar-refractivity contribution in [2.75, 3.05) is 27.3 Å². The van der Waals surface area contributed by atoms with E-state index in [4.69, 9.17) is 21.1 Å². The fourth-order valence-corrected chi connectivity index (χ4v) is 4.91. The van der Waals surface area contributed by atoms with Gasteiger partial charge in [0.2, 0.25) is 0 Å². The van der Waals surface area contributed by atoms with E-state index in [-0.39, 0.29) is 11.8 Å². The molecule has 0 spiro atoms. The Bertz CT molecular complexity index is 1490. The number of hydrogen-bond acceptors (Lipinski definition) is 4. The van der Waals surface area contributed by atoms with E-state index in [0.29, 0.717) is 47.8 Å². The molecule has 0 aromatic heterocycles. The predicted molar refractivity (Wildman–Crippen MR) is 164 cm³/mol. The molecule has 7 heteroatoms. The molecular weight excluding hydrogens is 536 g/mol. The van der Waals surface area contributed by atoms with Gasteiger partial charge in [-0.3, -0.25) is 9.59 Å². The molecule has 0 heterocycles. The van der Waals surface area contributed by atoms with Crippen LogP contribution < -0.4 is 14.8 Å². The first kappa shape index (κ1) is 29.7. The Balaban J connectivity index is 1.59. The first-order valence-electron chi connectivity index (χ1n) is 13.7. The van der Waals surface area contributed by atoms with Crippen molar-refractivity contribution in [2.24, 2.45) is 0 Å². The standard InChI is InChI=1S/C34H35ClN2O4/c1-4-20-37(21-19-25-22-27(40-2)17-18-32(25)41-3)34(39)31-12-8-6-10-29(31)28-9-5-7-11-30(28)33(38)36-23-24-13-15-26(35)16-14-24/h5-18,22H,4,19-21,23H2,1-3H3,(H,36,38). The van der Waals surface area contributed by atoms with Crippen molar-refractivity contribution in [1.82, 2.24) is 10.2 Å². The molecule has 1 N–H and O–H groups in total. The van der Waals surface area contributed by atoms with Gasteiger partial charge in [0.15, 0.2) is 0 Å². The van der Waals surface area contributed by atoms with E-state index in [1.54, 1.807) is 32.4 Å². The van der Waals surface area contributed by atoms with Crippen LogP contribution in [0.3, 0.4) is 0 Å². The number of ether oxygens (including phenoxy) is 2. The quantitative estimate of drug-likeness (QED) is 0.198. The number of nitrogens with one attached hydrogen (secondary N) is 1. The normalized spacial score (nSPS) is 10.6. The van der Waals surface area contributed by atoms with E-state index in [0.717, 1.165) is 34.6 Å². The van der Waals surface area contributed by atoms with Crippen molar-refractivity contribution < 1.29 is 19.1 Å². The average molecular weight is 571 g/mol. The van der Waals surface area contributed by atoms with Gasteiger partial charge in [-0.05, 0) is 77.6 Å². The molecule has 0 atom stereocenters. The number of hydrogen-bond donors (Lipinski definition) is 1. The number of halogens is 1. The minimum atomic E-state index is -0.215. The zero-order valence-electron chi connectivity index (χ0n) is 23.7. The smallest absolute Gasteiger partial charge is 0.254 e. The van der Waals surface area contributed by atoms with E-state index in [1.165, 1.54) is 0 Å². The van der Waals surface area contributed by atoms with Crippen molar-refractivity contribution in [2.45, 2.75) is 26.3 Å². The van der Waals surface area contributed by atoms with Crippen LogP contribution in [0.2, 0.25) is 5.02 Å². The van der Waals surface area contributed by atoms with Gasteiger partial charge in [0.1, 0.15) is 11.5 Å². The highest BCUT2D eigenvalue weighted by atomic mass is 35.5. The highest BCUT2D eigenvalue weighted by molar-refractivity contribution is 6.30. The van der Waals surface area contributed by atoms with Gasteiger partial charge in [-0.25, -0.2) is 0 Å². The minimum Gasteiger partial charge on any atom is -0.497 e. The Kier molecular flexibility index (Phi) is 10.4. The SMILES string of the molecule is CCCN(CCc1cc(OC)ccc1OC)C(=O)c1ccccc1-c1ccccc1C(=O)NCc1ccc(Cl)cc1. The van der Waals surface area contributed by atoms with Crippen LogP contribution in [0.5, 0.6) is 11.5 Å². The molecule has 0 aliphatic rings. The number of benzene rings is 4. The van der Waals surface area contributed by atoms with Crippen molar-refractivity contribution in [3.05, 3.63) is 118 Å². The van der Waals surface area contributed by atoms with Gasteiger partial charge in [0, 0.05) is 35.8 Å². The summed E-state index contributed by atoms with van der Waals surface area (Å²) >= 11 is 5.99. The van der Waals surface area contributed by atoms with Gasteiger partial charge in [0.05, 0.1) is 14.2 Å². The van der Waals surface area contributed by atoms with E-state index in [2.05, 4.69) is 12.2 Å². The molecule has 4 aromatic rings. The third-order valence-corrected chi connectivity index (χ3v) is 7.16. The molecule has 0 aliphatic carbocycles. The van der Waals surface area contributed by atoms with Gasteiger partial charge in [-0.2, -0.15) is 0 Å². The Morgan fingerprint density at radius 3 is 2.12 bits per heavy atom. The van der Waals surface area contributed by atoms with Crippen LogP contribution in [0.25, 0.3) is 11.1 Å². The molecule has 4 aromatic carbocycles. The molecule has 0 saturated heterocycles. The highest BCUT2D eigenvalue weighted by Gasteiger charge is 2.22. The predicted octanol–water partition coefficient (Wildman–Crippen LogP) is 7.05. The van der Waals surface area contributed by atoms with E-state index in [9.17, 15) is 9.59 Å². The number of rotatable bonds is 12. The Hall–Kier alpha value is -4.29. The van der Waals surface area contributed by atoms with Crippen LogP contribution >= 0.6 is 11.6 Å². The largest absolute Gasteiger partial charge is 0.497 e. The second-order valence-electron chi connectivity index (χ2n) is 9.62. The summed E-state index contributed by atoms with van der Waals surface area (Å²) in [5.41, 5.74) is 4.39. The van der Waals surface area contributed by atoms with Crippen molar-refractivity contribution in [3.63, 3.8) is 0 Å². The lowest BCUT2D eigenvalue weighted by atomic mass is 9.94. The van der Waals surface area contributed by atoms with Gasteiger partial charge in [-0.15, -0.1) is 0 Å². The topological polar surface area (TPSA) is 67.9 Å². The number of nitrogens with zero attached hydrogens (tertiary/aromatic N) is 1. The molecule has 0 unspecified atom stereocenters. The zero-order valence-corrected chi connectivity index (χ0v) is 24.4. The third-order valence-electron chi connectivity index (χ3n) is 6.91. The summed E-state index contributed by atoms with van der Waals surface area (Å²) in [4.78, 5) is 29.2. The van der Waals surface area contributed by atoms with Gasteiger partial charge in [0.25, 0.3) is 11.8 Å². The lowest BCUT2D eigenvalue weighted by molar-refractivity contribution is 0.0757. The number of amides is 2. The van der Waals surface area contributed by atoms with E-state index < -0.39 is 0 Å². The van der Waals surface area contributed by atoms with Crippen LogP contribution in [0, 0.1) is 0 Å². The molecule has 4 rings (SSSR count). The number of carbonyl (C=O) groups is 2. The molecule has 2 amide bonds. The van der Waals surface area contributed by atoms with Crippen LogP contribution in [0.15, 0.2) is 91.0 Å². The van der Waals surface area contributed by atoms with Crippen molar-refractivity contribution in [3.8, 4) is 22.6 Å². The molecule has 212 valence electrons. The molecule has 0 aliphatic heterocycles. The summed E-state index contributed by atoms with van der Waals surface area (Å²) in [6, 6.07) is 27.9. The van der Waals surface area contributed by atoms with Gasteiger partial charge < -0.3 is 19.7 Å². The van der Waals surface area contributed by atoms with Crippen LogP contribution in [-0.4, -0.2) is 44.0 Å². The van der Waals surface area contributed by atoms with Crippen molar-refractivity contribution >= 4 is 23.4 Å². The summed E-state index contributed by atoms with van der Waals surface area (Å²) in [6.07, 6.45) is 1.42. The summed E-state index contributed by atoms with van der Waals surface area (Å²) < 4.78 is 10.9. The summed E-state index contributed by atoms with van der Waals surface area (Å²) in [7, 11) is 3.27. The monoisotopic (exact) mass is 570 g/mol. The second kappa shape index (κ2) is 14.4. The first-order chi connectivity index (χ1) is 19.9. The van der Waals surface area contributed by atoms with E-state index in [1.807, 2.05) is 77.7 Å². The zero-order chi connectivity index (χ0) is 29.2. The highest BCUT2D eigenvalue weighted by Crippen LogP contribution is 2.29. The summed E-state index contributed by atoms with van der Waals surface area (Å²) in [5, 5.41) is 3.64. The maximum atomic E-state index is 14.0. The summed E-state index contributed by atoms with van der Waals surface area (Å²) in [6.45, 7) is 3.53. The molecule has 0 saturated carbocycles. The Morgan fingerprint density at radius 2 is 1.46 bits per heavy atom. The lowest BCUT2D eigenvalue weighted by Crippen LogP contribution is -2.34. The minimum absolute atomic E-state index is 0.0827. The fourth-order valence-electron chi connectivity index (χ4n) is 4.79. The molecule has 41 heavy (non-hydrogen) atoms. The Labute approximate surface area is 246 Å². The number of carbonyl (C=O) groups excluding carboxylic acids is 2. The van der Waals surface area contributed by atoms with Crippen LogP contribution in [0.4, 0.5) is 0 Å². The van der Waals surface area contributed by atoms with Crippen LogP contribution in [-0.2, 0) is 13.0 Å². The maximum Gasteiger partial charge on any atom is 0.254 e. The van der Waals surface area contributed by atoms with Gasteiger partial charge in [-0.1, -0.05) is 67.1 Å². The van der Waals surface area contributed by atoms with Gasteiger partial charge >= 0.3 is 0 Å². The Morgan fingerprint density at radius 1 is 0.805 bits per heavy atom. The maximum absolute atomic E-state index is 14.0. The molecular formula is C34H35ClN2O4. The number of methoxy groups -OCH3 is 2. The van der Waals surface area contributed by atoms with Crippen molar-refractivity contribution in [1.29, 1.82) is 0 Å². The third kappa shape index (κ3) is 7.47. The second-order valence-corrected chi connectivity index (χ2v) is 10.1.